The molecule has 0 saturated carbocycles. The summed E-state index contributed by atoms with van der Waals surface area (Å²) in [6.45, 7) is 5.38. The Bertz CT molecular complexity index is 3220. The summed E-state index contributed by atoms with van der Waals surface area (Å²) in [6.07, 6.45) is 10.8. The van der Waals surface area contributed by atoms with E-state index in [1.54, 1.807) is 0 Å². The van der Waals surface area contributed by atoms with Crippen LogP contribution < -0.4 is 0 Å². The summed E-state index contributed by atoms with van der Waals surface area (Å²) in [5.41, 5.74) is 13.9. The molecule has 11 rings (SSSR count). The minimum atomic E-state index is 0.230. The number of allylic oxidation sites excluding steroid dienone is 4. The van der Waals surface area contributed by atoms with E-state index in [-0.39, 0.29) is 12.0 Å². The summed E-state index contributed by atoms with van der Waals surface area (Å²) in [7, 11) is 0. The molecule has 0 bridgehead atoms. The van der Waals surface area contributed by atoms with Crippen molar-refractivity contribution >= 4 is 65.0 Å². The lowest BCUT2D eigenvalue weighted by molar-refractivity contribution is 0.670. The molecule has 1 fully saturated rings. The first-order chi connectivity index (χ1) is 29.6. The van der Waals surface area contributed by atoms with Crippen LogP contribution >= 0.6 is 11.3 Å². The van der Waals surface area contributed by atoms with E-state index in [2.05, 4.69) is 201 Å². The van der Waals surface area contributed by atoms with Gasteiger partial charge in [-0.2, -0.15) is 0 Å². The summed E-state index contributed by atoms with van der Waals surface area (Å²) in [5, 5.41) is 4.88. The largest absolute Gasteiger partial charge is 0.455 e. The van der Waals surface area contributed by atoms with Crippen LogP contribution in [0.3, 0.4) is 0 Å². The molecule has 0 radical (unpaired) electrons. The normalized spacial score (nSPS) is 17.0. The monoisotopic (exact) mass is 792 g/mol. The van der Waals surface area contributed by atoms with Crippen LogP contribution in [0.5, 0.6) is 0 Å². The molecule has 290 valence electrons. The molecule has 4 heteroatoms. The summed E-state index contributed by atoms with van der Waals surface area (Å²) < 4.78 is 9.48. The van der Waals surface area contributed by atoms with Crippen molar-refractivity contribution in [2.24, 2.45) is 10.9 Å². The smallest absolute Gasteiger partial charge is 0.143 e. The van der Waals surface area contributed by atoms with Gasteiger partial charge in [-0.05, 0) is 89.1 Å². The van der Waals surface area contributed by atoms with E-state index in [0.717, 1.165) is 64.0 Å². The van der Waals surface area contributed by atoms with Gasteiger partial charge in [0.25, 0.3) is 0 Å². The van der Waals surface area contributed by atoms with Gasteiger partial charge in [0.05, 0.1) is 11.7 Å². The van der Waals surface area contributed by atoms with Crippen molar-refractivity contribution in [1.82, 2.24) is 4.90 Å². The maximum atomic E-state index is 6.89. The van der Waals surface area contributed by atoms with Crippen molar-refractivity contribution in [3.8, 4) is 33.4 Å². The summed E-state index contributed by atoms with van der Waals surface area (Å²) in [6, 6.07) is 57.5. The fraction of sp³-hybridized carbons (Fsp3) is 0.125. The van der Waals surface area contributed by atoms with Crippen molar-refractivity contribution in [2.45, 2.75) is 32.7 Å². The number of thiophene rings is 1. The zero-order valence-corrected chi connectivity index (χ0v) is 34.6. The van der Waals surface area contributed by atoms with E-state index in [1.807, 2.05) is 11.3 Å². The molecule has 1 aliphatic carbocycles. The average Bonchev–Trinajstić information content (AvgIpc) is 3.87. The van der Waals surface area contributed by atoms with Crippen LogP contribution in [0.25, 0.3) is 81.2 Å². The molecule has 9 aromatic rings. The Labute approximate surface area is 355 Å². The van der Waals surface area contributed by atoms with E-state index in [4.69, 9.17) is 9.41 Å². The molecule has 3 heterocycles. The molecule has 0 spiro atoms. The molecule has 2 unspecified atom stereocenters. The number of benzene rings is 7. The molecule has 1 aliphatic heterocycles. The maximum absolute atomic E-state index is 6.89. The van der Waals surface area contributed by atoms with Crippen molar-refractivity contribution in [1.29, 1.82) is 0 Å². The quantitative estimate of drug-likeness (QED) is 0.0871. The lowest BCUT2D eigenvalue weighted by atomic mass is 9.93. The van der Waals surface area contributed by atoms with Crippen LogP contribution in [0.4, 0.5) is 0 Å². The minimum Gasteiger partial charge on any atom is -0.455 e. The minimum absolute atomic E-state index is 0.230. The van der Waals surface area contributed by atoms with E-state index in [9.17, 15) is 0 Å². The van der Waals surface area contributed by atoms with Crippen molar-refractivity contribution < 1.29 is 4.42 Å². The van der Waals surface area contributed by atoms with Gasteiger partial charge in [0.2, 0.25) is 0 Å². The first-order valence-electron chi connectivity index (χ1n) is 21.1. The van der Waals surface area contributed by atoms with E-state index in [0.29, 0.717) is 0 Å². The Balaban J connectivity index is 0.985. The molecule has 3 nitrogen and oxygen atoms in total. The van der Waals surface area contributed by atoms with Crippen LogP contribution in [0.2, 0.25) is 0 Å². The Kier molecular flexibility index (Phi) is 9.16. The summed E-state index contributed by atoms with van der Waals surface area (Å²) in [5.74, 6) is 1.38. The number of hydrogen-bond acceptors (Lipinski definition) is 3. The molecule has 2 aliphatic rings. The van der Waals surface area contributed by atoms with Gasteiger partial charge in [-0.25, -0.2) is 4.99 Å². The highest BCUT2D eigenvalue weighted by Crippen LogP contribution is 2.47. The first-order valence-corrected chi connectivity index (χ1v) is 21.9. The van der Waals surface area contributed by atoms with Gasteiger partial charge < -0.3 is 9.32 Å². The van der Waals surface area contributed by atoms with Gasteiger partial charge >= 0.3 is 0 Å². The third-order valence-corrected chi connectivity index (χ3v) is 13.6. The first kappa shape index (κ1) is 36.3. The van der Waals surface area contributed by atoms with E-state index in [1.165, 1.54) is 59.1 Å². The second kappa shape index (κ2) is 15.1. The van der Waals surface area contributed by atoms with Crippen LogP contribution in [0.15, 0.2) is 197 Å². The predicted molar refractivity (Wildman–Crippen MR) is 256 cm³/mol. The Morgan fingerprint density at radius 1 is 0.667 bits per heavy atom. The summed E-state index contributed by atoms with van der Waals surface area (Å²) in [4.78, 5) is 8.04. The van der Waals surface area contributed by atoms with Gasteiger partial charge in [-0.1, -0.05) is 159 Å². The number of amidine groups is 1. The highest BCUT2D eigenvalue weighted by atomic mass is 32.1. The number of nitrogens with zero attached hydrogens (tertiary/aromatic N) is 2. The molecule has 2 aromatic heterocycles. The fourth-order valence-corrected chi connectivity index (χ4v) is 10.3. The Morgan fingerprint density at radius 2 is 1.42 bits per heavy atom. The third-order valence-electron chi connectivity index (χ3n) is 12.4. The van der Waals surface area contributed by atoms with Gasteiger partial charge in [-0.15, -0.1) is 11.3 Å². The van der Waals surface area contributed by atoms with Crippen LogP contribution in [0, 0.1) is 5.92 Å². The average molecular weight is 793 g/mol. The van der Waals surface area contributed by atoms with Crippen LogP contribution in [-0.2, 0) is 0 Å². The van der Waals surface area contributed by atoms with Crippen molar-refractivity contribution in [3.63, 3.8) is 0 Å². The molecule has 0 amide bonds. The molecule has 2 atom stereocenters. The van der Waals surface area contributed by atoms with E-state index >= 15 is 0 Å². The zero-order valence-electron chi connectivity index (χ0n) is 33.8. The van der Waals surface area contributed by atoms with Gasteiger partial charge in [0, 0.05) is 54.5 Å². The Morgan fingerprint density at radius 3 is 2.23 bits per heavy atom. The molecule has 0 N–H and O–H groups in total. The van der Waals surface area contributed by atoms with Crippen LogP contribution in [0.1, 0.15) is 43.9 Å². The molecule has 7 aromatic carbocycles. The predicted octanol–water partition coefficient (Wildman–Crippen LogP) is 15.7. The van der Waals surface area contributed by atoms with Crippen molar-refractivity contribution in [3.05, 3.63) is 199 Å². The molecule has 1 saturated heterocycles. The second-order valence-corrected chi connectivity index (χ2v) is 17.2. The number of rotatable bonds is 8. The molecule has 60 heavy (non-hydrogen) atoms. The number of aliphatic imine (C=N–C) groups is 1. The lowest BCUT2D eigenvalue weighted by Gasteiger charge is -2.20. The van der Waals surface area contributed by atoms with Crippen molar-refractivity contribution in [2.75, 3.05) is 6.54 Å². The number of para-hydroxylation sites is 1. The zero-order chi connectivity index (χ0) is 40.2. The van der Waals surface area contributed by atoms with Crippen LogP contribution in [-0.4, -0.2) is 17.3 Å². The highest BCUT2D eigenvalue weighted by molar-refractivity contribution is 7.26. The topological polar surface area (TPSA) is 28.5 Å². The fourth-order valence-electron chi connectivity index (χ4n) is 9.17. The number of hydrogen-bond donors (Lipinski definition) is 0. The highest BCUT2D eigenvalue weighted by Gasteiger charge is 2.40. The number of furan rings is 1. The number of fused-ring (bicyclic) bond motifs is 6. The van der Waals surface area contributed by atoms with Gasteiger partial charge in [-0.3, -0.25) is 0 Å². The van der Waals surface area contributed by atoms with Gasteiger partial charge in [0.15, 0.2) is 0 Å². The standard InChI is InChI=1S/C56H44N2OS/c1-3-36(2)54(38-19-9-5-10-20-38)57-56(39-21-11-6-12-22-39)58-35-48(58)42-24-13-23-41(33-42)43-25-14-28-46-52-44(26-15-29-49(52)59-55(43)46)45-27-16-30-51-53(45)47-34-40(31-32-50(47)60-51)37-17-7-4-8-18-37/h4-21,23-34,39,48H,3,22,35H2,1-2H3/b54-36+,57-56?. The third kappa shape index (κ3) is 6.40. The van der Waals surface area contributed by atoms with Gasteiger partial charge in [0.1, 0.15) is 17.0 Å². The Hall–Kier alpha value is -6.75. The molecular formula is C56H44N2OS. The van der Waals surface area contributed by atoms with E-state index < -0.39 is 0 Å². The SMILES string of the molecule is CC/C(C)=C(/N=C(C1C=CC=CC1)N1CC1c1cccc(-c2cccc3c2oc2cccc(-c4cccc5sc6ccc(-c7ccccc7)cc6c45)c23)c1)c1ccccc1. The summed E-state index contributed by atoms with van der Waals surface area (Å²) >= 11 is 1.86. The molecular weight excluding hydrogens is 749 g/mol. The maximum Gasteiger partial charge on any atom is 0.143 e. The second-order valence-electron chi connectivity index (χ2n) is 16.1. The lowest BCUT2D eigenvalue weighted by Crippen LogP contribution is -2.22.